The minimum Gasteiger partial charge on any atom is -0.494 e. The van der Waals surface area contributed by atoms with Crippen LogP contribution in [0.15, 0.2) is 48.7 Å². The first-order chi connectivity index (χ1) is 23.4. The molecule has 252 valence electrons. The first-order valence-corrected chi connectivity index (χ1v) is 17.0. The fraction of sp³-hybridized carbons (Fsp3) is 0.289. The highest BCUT2D eigenvalue weighted by Gasteiger charge is 2.37. The maximum absolute atomic E-state index is 14.8. The summed E-state index contributed by atoms with van der Waals surface area (Å²) in [7, 11) is 1.92. The van der Waals surface area contributed by atoms with Crippen LogP contribution < -0.4 is 9.64 Å². The molecular weight excluding hydrogens is 661 g/mol. The highest BCUT2D eigenvalue weighted by Crippen LogP contribution is 2.45. The number of carbonyl (C=O) groups excluding carboxylic acids is 1. The molecule has 1 aliphatic heterocycles. The van der Waals surface area contributed by atoms with Crippen LogP contribution in [0.3, 0.4) is 0 Å². The molecule has 2 N–H and O–H groups in total. The van der Waals surface area contributed by atoms with E-state index in [1.807, 2.05) is 63.7 Å². The van der Waals surface area contributed by atoms with E-state index < -0.39 is 5.97 Å². The van der Waals surface area contributed by atoms with Crippen LogP contribution in [-0.4, -0.2) is 49.5 Å². The van der Waals surface area contributed by atoms with Crippen LogP contribution in [-0.2, 0) is 13.5 Å². The molecule has 0 saturated heterocycles. The monoisotopic (exact) mass is 697 g/mol. The molecule has 6 aromatic rings. The number of amides is 1. The van der Waals surface area contributed by atoms with E-state index in [9.17, 15) is 14.7 Å². The molecular formula is C38H37Cl2N5O4. The molecule has 7 rings (SSSR count). The van der Waals surface area contributed by atoms with Crippen LogP contribution in [0.1, 0.15) is 68.3 Å². The number of nitrogens with one attached hydrogen (secondary N) is 1. The number of hydrogen-bond donors (Lipinski definition) is 2. The molecule has 0 fully saturated rings. The van der Waals surface area contributed by atoms with Crippen LogP contribution in [0.25, 0.3) is 32.9 Å². The molecule has 3 aromatic carbocycles. The second-order valence-corrected chi connectivity index (χ2v) is 13.8. The van der Waals surface area contributed by atoms with E-state index >= 15 is 0 Å². The minimum absolute atomic E-state index is 0.137. The summed E-state index contributed by atoms with van der Waals surface area (Å²) >= 11 is 13.4. The van der Waals surface area contributed by atoms with Gasteiger partial charge >= 0.3 is 5.97 Å². The van der Waals surface area contributed by atoms with Crippen molar-refractivity contribution in [2.75, 3.05) is 18.1 Å². The van der Waals surface area contributed by atoms with Crippen LogP contribution in [0.5, 0.6) is 5.75 Å². The van der Waals surface area contributed by atoms with Gasteiger partial charge < -0.3 is 24.3 Å². The second kappa shape index (κ2) is 12.3. The maximum atomic E-state index is 14.8. The first-order valence-electron chi connectivity index (χ1n) is 16.3. The Morgan fingerprint density at radius 3 is 2.45 bits per heavy atom. The van der Waals surface area contributed by atoms with Gasteiger partial charge in [-0.15, -0.1) is 0 Å². The predicted molar refractivity (Wildman–Crippen MR) is 195 cm³/mol. The molecule has 0 saturated carbocycles. The molecule has 1 atom stereocenters. The van der Waals surface area contributed by atoms with Crippen molar-refractivity contribution in [2.24, 2.45) is 7.05 Å². The van der Waals surface area contributed by atoms with E-state index in [1.54, 1.807) is 29.3 Å². The average Bonchev–Trinajstić information content (AvgIpc) is 3.71. The minimum atomic E-state index is -1.02. The van der Waals surface area contributed by atoms with Crippen LogP contribution in [0, 0.1) is 27.7 Å². The molecule has 0 spiro atoms. The van der Waals surface area contributed by atoms with E-state index in [0.717, 1.165) is 66.4 Å². The number of aryl methyl sites for hydroxylation is 5. The van der Waals surface area contributed by atoms with Crippen molar-refractivity contribution in [1.29, 1.82) is 0 Å². The standard InChI is InChI=1S/C38H37Cl2N5O4/c1-19-14-25(15-20(2)34(19)40)49-13-7-8-26-27-10-11-29(39)33(32-22(4)42-43(6)23(32)5)35(27)45-21(3)18-44(37(46)36(26)45)31-17-41-30-12-9-24(38(47)48)16-28(30)31/h9-12,14-17,21,41H,7-8,13,18H2,1-6H3,(H,47,48). The summed E-state index contributed by atoms with van der Waals surface area (Å²) in [5.74, 6) is -0.417. The lowest BCUT2D eigenvalue weighted by Crippen LogP contribution is -2.42. The van der Waals surface area contributed by atoms with E-state index in [2.05, 4.69) is 16.5 Å². The summed E-state index contributed by atoms with van der Waals surface area (Å²) in [5.41, 5.74) is 9.58. The number of fused-ring (bicyclic) bond motifs is 4. The van der Waals surface area contributed by atoms with Gasteiger partial charge in [0.2, 0.25) is 0 Å². The Kier molecular flexibility index (Phi) is 8.24. The van der Waals surface area contributed by atoms with Crippen molar-refractivity contribution in [3.8, 4) is 16.9 Å². The fourth-order valence-corrected chi connectivity index (χ4v) is 7.76. The molecule has 11 heteroatoms. The summed E-state index contributed by atoms with van der Waals surface area (Å²) in [6.07, 6.45) is 3.03. The highest BCUT2D eigenvalue weighted by molar-refractivity contribution is 6.35. The molecule has 0 bridgehead atoms. The Hall–Kier alpha value is -4.73. The Bertz CT molecular complexity index is 2310. The van der Waals surface area contributed by atoms with Crippen molar-refractivity contribution in [3.63, 3.8) is 0 Å². The van der Waals surface area contributed by atoms with Crippen LogP contribution >= 0.6 is 23.2 Å². The number of H-pyrrole nitrogens is 1. The summed E-state index contributed by atoms with van der Waals surface area (Å²) < 4.78 is 10.2. The summed E-state index contributed by atoms with van der Waals surface area (Å²) in [4.78, 5) is 31.7. The number of nitrogens with zero attached hydrogens (tertiary/aromatic N) is 4. The van der Waals surface area contributed by atoms with Crippen molar-refractivity contribution in [2.45, 2.75) is 53.5 Å². The topological polar surface area (TPSA) is 105 Å². The van der Waals surface area contributed by atoms with Gasteiger partial charge in [0.05, 0.1) is 34.1 Å². The molecule has 0 aliphatic carbocycles. The zero-order valence-corrected chi connectivity index (χ0v) is 29.8. The number of carboxylic acids is 1. The summed E-state index contributed by atoms with van der Waals surface area (Å²) in [6, 6.07) is 12.6. The molecule has 0 radical (unpaired) electrons. The smallest absolute Gasteiger partial charge is 0.335 e. The van der Waals surface area contributed by atoms with Crippen molar-refractivity contribution in [1.82, 2.24) is 19.3 Å². The van der Waals surface area contributed by atoms with Crippen molar-refractivity contribution in [3.05, 3.63) is 98.0 Å². The third-order valence-electron chi connectivity index (χ3n) is 9.76. The van der Waals surface area contributed by atoms with Gasteiger partial charge in [-0.3, -0.25) is 9.48 Å². The van der Waals surface area contributed by atoms with Gasteiger partial charge in [-0.2, -0.15) is 5.10 Å². The quantitative estimate of drug-likeness (QED) is 0.155. The molecule has 3 aromatic heterocycles. The van der Waals surface area contributed by atoms with Gasteiger partial charge in [0.15, 0.2) is 0 Å². The Labute approximate surface area is 294 Å². The van der Waals surface area contributed by atoms with Gasteiger partial charge in [0.1, 0.15) is 11.4 Å². The van der Waals surface area contributed by atoms with E-state index in [4.69, 9.17) is 33.0 Å². The number of aromatic carboxylic acids is 1. The first kappa shape index (κ1) is 32.8. The lowest BCUT2D eigenvalue weighted by Gasteiger charge is -2.34. The molecule has 1 unspecified atom stereocenters. The summed E-state index contributed by atoms with van der Waals surface area (Å²) in [5, 5.41) is 17.4. The second-order valence-electron chi connectivity index (χ2n) is 13.0. The zero-order valence-electron chi connectivity index (χ0n) is 28.2. The lowest BCUT2D eigenvalue weighted by molar-refractivity contribution is 0.0696. The molecule has 1 amide bonds. The van der Waals surface area contributed by atoms with Gasteiger partial charge in [-0.25, -0.2) is 4.79 Å². The number of aromatic amines is 1. The number of ether oxygens (including phenoxy) is 1. The SMILES string of the molecule is Cc1cc(OCCCc2c3n(c4c(-c5c(C)nn(C)c5C)c(Cl)ccc24)C(C)CN(c2c[nH]c4ccc(C(=O)O)cc24)C3=O)cc(C)c1Cl. The zero-order chi connectivity index (χ0) is 34.9. The van der Waals surface area contributed by atoms with E-state index in [0.29, 0.717) is 47.8 Å². The third-order valence-corrected chi connectivity index (χ3v) is 10.7. The Morgan fingerprint density at radius 2 is 1.78 bits per heavy atom. The third kappa shape index (κ3) is 5.36. The Morgan fingerprint density at radius 1 is 1.04 bits per heavy atom. The normalized spacial score (nSPS) is 14.7. The van der Waals surface area contributed by atoms with Crippen LogP contribution in [0.2, 0.25) is 10.0 Å². The number of aromatic nitrogens is 4. The summed E-state index contributed by atoms with van der Waals surface area (Å²) in [6.45, 7) is 10.9. The molecule has 1 aliphatic rings. The van der Waals surface area contributed by atoms with Crippen LogP contribution in [0.4, 0.5) is 5.69 Å². The number of anilines is 1. The number of halogens is 2. The van der Waals surface area contributed by atoms with Gasteiger partial charge in [-0.1, -0.05) is 29.3 Å². The Balaban J connectivity index is 1.36. The van der Waals surface area contributed by atoms with Crippen molar-refractivity contribution >= 4 is 62.6 Å². The van der Waals surface area contributed by atoms with E-state index in [-0.39, 0.29) is 17.5 Å². The number of rotatable bonds is 8. The van der Waals surface area contributed by atoms with Gasteiger partial charge in [-0.05, 0) is 101 Å². The van der Waals surface area contributed by atoms with Gasteiger partial charge in [0.25, 0.3) is 5.91 Å². The average molecular weight is 699 g/mol. The molecule has 49 heavy (non-hydrogen) atoms. The maximum Gasteiger partial charge on any atom is 0.335 e. The van der Waals surface area contributed by atoms with E-state index in [1.165, 1.54) is 0 Å². The largest absolute Gasteiger partial charge is 0.494 e. The lowest BCUT2D eigenvalue weighted by atomic mass is 9.98. The number of benzene rings is 3. The number of hydrogen-bond acceptors (Lipinski definition) is 4. The van der Waals surface area contributed by atoms with Gasteiger partial charge in [0, 0.05) is 64.0 Å². The highest BCUT2D eigenvalue weighted by atomic mass is 35.5. The predicted octanol–water partition coefficient (Wildman–Crippen LogP) is 8.99. The number of carbonyl (C=O) groups is 2. The number of carboxylic acid groups (broad SMARTS) is 1. The molecule has 4 heterocycles. The van der Waals surface area contributed by atoms with Crippen molar-refractivity contribution < 1.29 is 19.4 Å². The molecule has 9 nitrogen and oxygen atoms in total. The fourth-order valence-electron chi connectivity index (χ4n) is 7.40.